The van der Waals surface area contributed by atoms with Gasteiger partial charge in [0.2, 0.25) is 0 Å². The van der Waals surface area contributed by atoms with Crippen LogP contribution in [0.15, 0.2) is 42.6 Å². The van der Waals surface area contributed by atoms with Gasteiger partial charge in [-0.2, -0.15) is 0 Å². The smallest absolute Gasteiger partial charge is 0.130 e. The van der Waals surface area contributed by atoms with Gasteiger partial charge in [0.1, 0.15) is 12.4 Å². The first-order valence-corrected chi connectivity index (χ1v) is 6.67. The molecule has 19 heavy (non-hydrogen) atoms. The van der Waals surface area contributed by atoms with Crippen LogP contribution in [0.3, 0.4) is 0 Å². The molecule has 0 saturated heterocycles. The molecule has 1 N–H and O–H groups in total. The van der Waals surface area contributed by atoms with Gasteiger partial charge < -0.3 is 9.84 Å². The summed E-state index contributed by atoms with van der Waals surface area (Å²) in [6.45, 7) is 0.466. The van der Waals surface area contributed by atoms with Crippen LogP contribution < -0.4 is 4.74 Å². The van der Waals surface area contributed by atoms with Crippen LogP contribution >= 0.6 is 0 Å². The molecule has 1 aromatic heterocycles. The fourth-order valence-corrected chi connectivity index (χ4v) is 2.56. The fourth-order valence-electron chi connectivity index (χ4n) is 2.56. The van der Waals surface area contributed by atoms with Crippen molar-refractivity contribution in [2.45, 2.75) is 32.0 Å². The lowest BCUT2D eigenvalue weighted by molar-refractivity contribution is 0.155. The van der Waals surface area contributed by atoms with E-state index in [1.165, 1.54) is 0 Å². The first-order valence-electron chi connectivity index (χ1n) is 6.67. The first kappa shape index (κ1) is 12.2. The van der Waals surface area contributed by atoms with Crippen LogP contribution in [-0.4, -0.2) is 10.1 Å². The summed E-state index contributed by atoms with van der Waals surface area (Å²) >= 11 is 0. The van der Waals surface area contributed by atoms with Gasteiger partial charge in [-0.05, 0) is 48.6 Å². The molecule has 0 saturated carbocycles. The molecule has 1 unspecified atom stereocenters. The maximum atomic E-state index is 10.0. The summed E-state index contributed by atoms with van der Waals surface area (Å²) in [5, 5.41) is 10.0. The second-order valence-electron chi connectivity index (χ2n) is 4.84. The molecule has 98 valence electrons. The van der Waals surface area contributed by atoms with Crippen LogP contribution in [0.25, 0.3) is 0 Å². The molecule has 1 atom stereocenters. The van der Waals surface area contributed by atoms with Crippen molar-refractivity contribution in [3.63, 3.8) is 0 Å². The SMILES string of the molecule is OC1CCCc2c(OCc3ccccn3)cccc21. The van der Waals surface area contributed by atoms with E-state index in [1.807, 2.05) is 36.4 Å². The molecule has 0 aliphatic heterocycles. The van der Waals surface area contributed by atoms with Gasteiger partial charge in [-0.1, -0.05) is 18.2 Å². The molecule has 1 aliphatic rings. The highest BCUT2D eigenvalue weighted by Crippen LogP contribution is 2.35. The Morgan fingerprint density at radius 1 is 1.21 bits per heavy atom. The van der Waals surface area contributed by atoms with Crippen molar-refractivity contribution in [1.82, 2.24) is 4.98 Å². The zero-order valence-corrected chi connectivity index (χ0v) is 10.7. The number of aliphatic hydroxyl groups excluding tert-OH is 1. The van der Waals surface area contributed by atoms with Gasteiger partial charge in [0, 0.05) is 6.20 Å². The summed E-state index contributed by atoms with van der Waals surface area (Å²) in [7, 11) is 0. The van der Waals surface area contributed by atoms with E-state index in [1.54, 1.807) is 6.20 Å². The number of aliphatic hydroxyl groups is 1. The molecule has 0 radical (unpaired) electrons. The van der Waals surface area contributed by atoms with Crippen LogP contribution in [0.1, 0.15) is 35.8 Å². The predicted molar refractivity (Wildman–Crippen MR) is 72.9 cm³/mol. The van der Waals surface area contributed by atoms with Crippen molar-refractivity contribution in [3.05, 3.63) is 59.4 Å². The highest BCUT2D eigenvalue weighted by Gasteiger charge is 2.20. The van der Waals surface area contributed by atoms with Gasteiger partial charge in [-0.25, -0.2) is 0 Å². The Labute approximate surface area is 112 Å². The van der Waals surface area contributed by atoms with E-state index in [9.17, 15) is 5.11 Å². The minimum absolute atomic E-state index is 0.345. The minimum atomic E-state index is -0.345. The van der Waals surface area contributed by atoms with Gasteiger partial charge in [-0.3, -0.25) is 4.98 Å². The number of aromatic nitrogens is 1. The van der Waals surface area contributed by atoms with Crippen LogP contribution in [0.5, 0.6) is 5.75 Å². The molecular formula is C16H17NO2. The number of hydrogen-bond donors (Lipinski definition) is 1. The molecule has 1 aromatic carbocycles. The van der Waals surface area contributed by atoms with Gasteiger partial charge >= 0.3 is 0 Å². The predicted octanol–water partition coefficient (Wildman–Crippen LogP) is 3.03. The standard InChI is InChI=1S/C16H17NO2/c18-15-8-3-7-14-13(15)6-4-9-16(14)19-11-12-5-1-2-10-17-12/h1-2,4-6,9-10,15,18H,3,7-8,11H2. The van der Waals surface area contributed by atoms with Gasteiger partial charge in [0.15, 0.2) is 0 Å². The first-order chi connectivity index (χ1) is 9.34. The Bertz CT molecular complexity index is 554. The highest BCUT2D eigenvalue weighted by molar-refractivity contribution is 5.42. The van der Waals surface area contributed by atoms with Crippen molar-refractivity contribution in [1.29, 1.82) is 0 Å². The molecule has 3 rings (SSSR count). The molecule has 1 aliphatic carbocycles. The molecule has 0 amide bonds. The largest absolute Gasteiger partial charge is 0.487 e. The van der Waals surface area contributed by atoms with Crippen molar-refractivity contribution in [3.8, 4) is 5.75 Å². The Morgan fingerprint density at radius 2 is 2.16 bits per heavy atom. The maximum Gasteiger partial charge on any atom is 0.130 e. The third-order valence-electron chi connectivity index (χ3n) is 3.53. The lowest BCUT2D eigenvalue weighted by atomic mass is 9.89. The summed E-state index contributed by atoms with van der Waals surface area (Å²) in [5.74, 6) is 0.877. The van der Waals surface area contributed by atoms with Crippen molar-refractivity contribution in [2.75, 3.05) is 0 Å². The molecule has 3 nitrogen and oxygen atoms in total. The monoisotopic (exact) mass is 255 g/mol. The minimum Gasteiger partial charge on any atom is -0.487 e. The van der Waals surface area contributed by atoms with Gasteiger partial charge in [0.25, 0.3) is 0 Å². The number of ether oxygens (including phenoxy) is 1. The van der Waals surface area contributed by atoms with Crippen LogP contribution in [0, 0.1) is 0 Å². The second-order valence-corrected chi connectivity index (χ2v) is 4.84. The Morgan fingerprint density at radius 3 is 3.00 bits per heavy atom. The lowest BCUT2D eigenvalue weighted by Crippen LogP contribution is -2.11. The quantitative estimate of drug-likeness (QED) is 0.916. The molecule has 1 heterocycles. The number of nitrogens with zero attached hydrogens (tertiary/aromatic N) is 1. The summed E-state index contributed by atoms with van der Waals surface area (Å²) in [4.78, 5) is 4.25. The van der Waals surface area contributed by atoms with E-state index in [0.717, 1.165) is 41.8 Å². The van der Waals surface area contributed by atoms with E-state index < -0.39 is 0 Å². The van der Waals surface area contributed by atoms with E-state index in [0.29, 0.717) is 6.61 Å². The van der Waals surface area contributed by atoms with Crippen molar-refractivity contribution in [2.24, 2.45) is 0 Å². The molecular weight excluding hydrogens is 238 g/mol. The number of pyridine rings is 1. The lowest BCUT2D eigenvalue weighted by Gasteiger charge is -2.23. The van der Waals surface area contributed by atoms with E-state index in [4.69, 9.17) is 4.74 Å². The second kappa shape index (κ2) is 5.41. The molecule has 0 spiro atoms. The van der Waals surface area contributed by atoms with Crippen LogP contribution in [0.2, 0.25) is 0 Å². The third kappa shape index (κ3) is 2.61. The summed E-state index contributed by atoms with van der Waals surface area (Å²) < 4.78 is 5.87. The summed E-state index contributed by atoms with van der Waals surface area (Å²) in [6.07, 6.45) is 4.25. The molecule has 0 fully saturated rings. The van der Waals surface area contributed by atoms with E-state index >= 15 is 0 Å². The zero-order chi connectivity index (χ0) is 13.1. The number of rotatable bonds is 3. The molecule has 2 aromatic rings. The molecule has 3 heteroatoms. The topological polar surface area (TPSA) is 42.4 Å². The number of fused-ring (bicyclic) bond motifs is 1. The Balaban J connectivity index is 1.80. The van der Waals surface area contributed by atoms with E-state index in [-0.39, 0.29) is 6.10 Å². The normalized spacial score (nSPS) is 17.8. The maximum absolute atomic E-state index is 10.0. The highest BCUT2D eigenvalue weighted by atomic mass is 16.5. The van der Waals surface area contributed by atoms with Crippen molar-refractivity contribution >= 4 is 0 Å². The Kier molecular flexibility index (Phi) is 3.47. The fraction of sp³-hybridized carbons (Fsp3) is 0.312. The average Bonchev–Trinajstić information content (AvgIpc) is 2.47. The van der Waals surface area contributed by atoms with Crippen LogP contribution in [0.4, 0.5) is 0 Å². The summed E-state index contributed by atoms with van der Waals surface area (Å²) in [6, 6.07) is 11.7. The average molecular weight is 255 g/mol. The Hall–Kier alpha value is -1.87. The van der Waals surface area contributed by atoms with Gasteiger partial charge in [0.05, 0.1) is 11.8 Å². The van der Waals surface area contributed by atoms with Crippen LogP contribution in [-0.2, 0) is 13.0 Å². The van der Waals surface area contributed by atoms with E-state index in [2.05, 4.69) is 4.98 Å². The number of benzene rings is 1. The zero-order valence-electron chi connectivity index (χ0n) is 10.7. The summed E-state index contributed by atoms with van der Waals surface area (Å²) in [5.41, 5.74) is 3.08. The van der Waals surface area contributed by atoms with Gasteiger partial charge in [-0.15, -0.1) is 0 Å². The molecule has 0 bridgehead atoms. The van der Waals surface area contributed by atoms with Crippen molar-refractivity contribution < 1.29 is 9.84 Å². The third-order valence-corrected chi connectivity index (χ3v) is 3.53. The number of hydrogen-bond acceptors (Lipinski definition) is 3.